The first-order valence-electron chi connectivity index (χ1n) is 9.21. The van der Waals surface area contributed by atoms with Crippen LogP contribution in [0.4, 0.5) is 5.82 Å². The second kappa shape index (κ2) is 7.57. The zero-order valence-corrected chi connectivity index (χ0v) is 16.0. The monoisotopic (exact) mass is 347 g/mol. The summed E-state index contributed by atoms with van der Waals surface area (Å²) in [5.74, 6) is 1.10. The van der Waals surface area contributed by atoms with Crippen molar-refractivity contribution < 1.29 is 0 Å². The second-order valence-corrected chi connectivity index (χ2v) is 6.63. The van der Waals surface area contributed by atoms with Crippen molar-refractivity contribution in [3.63, 3.8) is 0 Å². The summed E-state index contributed by atoms with van der Waals surface area (Å²) < 4.78 is 1.97. The van der Waals surface area contributed by atoms with Crippen molar-refractivity contribution in [2.45, 2.75) is 40.5 Å². The van der Waals surface area contributed by atoms with Gasteiger partial charge in [0.05, 0.1) is 17.3 Å². The molecule has 0 unspecified atom stereocenters. The summed E-state index contributed by atoms with van der Waals surface area (Å²) in [4.78, 5) is 7.17. The fourth-order valence-corrected chi connectivity index (χ4v) is 3.38. The minimum absolute atomic E-state index is 0.657. The molecule has 0 radical (unpaired) electrons. The highest BCUT2D eigenvalue weighted by atomic mass is 15.3. The van der Waals surface area contributed by atoms with Gasteiger partial charge in [-0.3, -0.25) is 0 Å². The quantitative estimate of drug-likeness (QED) is 0.658. The van der Waals surface area contributed by atoms with Gasteiger partial charge in [0, 0.05) is 30.4 Å². The molecule has 5 nitrogen and oxygen atoms in total. The van der Waals surface area contributed by atoms with Crippen LogP contribution in [0.25, 0.3) is 16.8 Å². The molecular weight excluding hydrogens is 322 g/mol. The van der Waals surface area contributed by atoms with E-state index in [9.17, 15) is 0 Å². The normalized spacial score (nSPS) is 10.9. The molecule has 0 atom stereocenters. The highest BCUT2D eigenvalue weighted by Crippen LogP contribution is 2.30. The van der Waals surface area contributed by atoms with E-state index < -0.39 is 0 Å². The molecule has 0 saturated heterocycles. The first-order valence-corrected chi connectivity index (χ1v) is 9.21. The fourth-order valence-electron chi connectivity index (χ4n) is 3.38. The largest absolute Gasteiger partial charge is 0.356 e. The van der Waals surface area contributed by atoms with Gasteiger partial charge in [-0.2, -0.15) is 14.9 Å². The molecule has 26 heavy (non-hydrogen) atoms. The van der Waals surface area contributed by atoms with Crippen LogP contribution in [0.2, 0.25) is 0 Å². The molecule has 0 spiro atoms. The molecule has 0 N–H and O–H groups in total. The van der Waals surface area contributed by atoms with Gasteiger partial charge in [0.25, 0.3) is 0 Å². The Morgan fingerprint density at radius 2 is 1.73 bits per heavy atom. The van der Waals surface area contributed by atoms with Crippen LogP contribution in [0.3, 0.4) is 0 Å². The maximum atomic E-state index is 9.04. The van der Waals surface area contributed by atoms with Crippen LogP contribution < -0.4 is 4.90 Å². The van der Waals surface area contributed by atoms with Gasteiger partial charge in [-0.15, -0.1) is 0 Å². The van der Waals surface area contributed by atoms with Crippen LogP contribution in [-0.2, 0) is 0 Å². The Morgan fingerprint density at radius 1 is 1.08 bits per heavy atom. The number of aryl methyl sites for hydroxylation is 2. The molecule has 134 valence electrons. The van der Waals surface area contributed by atoms with Crippen LogP contribution >= 0.6 is 0 Å². The Bertz CT molecular complexity index is 941. The molecule has 3 aromatic rings. The minimum Gasteiger partial charge on any atom is -0.356 e. The maximum Gasteiger partial charge on any atom is 0.165 e. The average Bonchev–Trinajstić information content (AvgIpc) is 2.96. The third kappa shape index (κ3) is 3.28. The lowest BCUT2D eigenvalue weighted by molar-refractivity contribution is 0.713. The number of hydrogen-bond donors (Lipinski definition) is 0. The first kappa shape index (κ1) is 17.9. The number of rotatable bonds is 6. The second-order valence-electron chi connectivity index (χ2n) is 6.63. The van der Waals surface area contributed by atoms with Gasteiger partial charge in [-0.05, 0) is 44.4 Å². The number of nitriles is 1. The third-order valence-electron chi connectivity index (χ3n) is 4.49. The van der Waals surface area contributed by atoms with Crippen molar-refractivity contribution >= 4 is 11.5 Å². The molecule has 1 aromatic carbocycles. The van der Waals surface area contributed by atoms with Gasteiger partial charge in [-0.25, -0.2) is 4.98 Å². The van der Waals surface area contributed by atoms with Crippen molar-refractivity contribution in [3.05, 3.63) is 47.3 Å². The molecule has 0 bridgehead atoms. The van der Waals surface area contributed by atoms with Crippen LogP contribution in [0.1, 0.15) is 43.6 Å². The number of fused-ring (bicyclic) bond motifs is 1. The zero-order chi connectivity index (χ0) is 18.7. The summed E-state index contributed by atoms with van der Waals surface area (Å²) in [6, 6.07) is 11.9. The van der Waals surface area contributed by atoms with Gasteiger partial charge in [0.1, 0.15) is 5.82 Å². The molecule has 5 heteroatoms. The van der Waals surface area contributed by atoms with E-state index in [1.54, 1.807) is 0 Å². The molecule has 0 aliphatic heterocycles. The van der Waals surface area contributed by atoms with Gasteiger partial charge in [-0.1, -0.05) is 26.0 Å². The molecule has 0 fully saturated rings. The molecule has 2 heterocycles. The lowest BCUT2D eigenvalue weighted by atomic mass is 10.0. The number of aromatic nitrogens is 3. The van der Waals surface area contributed by atoms with Crippen LogP contribution in [0, 0.1) is 25.2 Å². The highest BCUT2D eigenvalue weighted by Gasteiger charge is 2.18. The SMILES string of the molecule is CCCN(CCC)c1cc(C)nc2c(-c3ccc(C#N)cc3)c(C)nn12. The van der Waals surface area contributed by atoms with Gasteiger partial charge < -0.3 is 4.90 Å². The van der Waals surface area contributed by atoms with E-state index >= 15 is 0 Å². The standard InChI is InChI=1S/C21H25N5/c1-5-11-25(12-6-2)19-13-15(3)23-21-20(16(4)24-26(19)21)18-9-7-17(14-22)8-10-18/h7-10,13H,5-6,11-12H2,1-4H3. The molecule has 0 amide bonds. The predicted molar refractivity (Wildman–Crippen MR) is 105 cm³/mol. The minimum atomic E-state index is 0.657. The van der Waals surface area contributed by atoms with E-state index in [1.165, 1.54) is 0 Å². The van der Waals surface area contributed by atoms with Crippen LogP contribution in [0.5, 0.6) is 0 Å². The summed E-state index contributed by atoms with van der Waals surface area (Å²) in [5.41, 5.74) is 5.54. The average molecular weight is 347 g/mol. The summed E-state index contributed by atoms with van der Waals surface area (Å²) in [6.07, 6.45) is 2.18. The maximum absolute atomic E-state index is 9.04. The van der Waals surface area contributed by atoms with E-state index in [1.807, 2.05) is 42.6 Å². The Balaban J connectivity index is 2.20. The fraction of sp³-hybridized carbons (Fsp3) is 0.381. The van der Waals surface area contributed by atoms with Crippen molar-refractivity contribution in [1.29, 1.82) is 5.26 Å². The van der Waals surface area contributed by atoms with Gasteiger partial charge in [0.2, 0.25) is 0 Å². The Kier molecular flexibility index (Phi) is 5.22. The van der Waals surface area contributed by atoms with Gasteiger partial charge in [0.15, 0.2) is 5.65 Å². The number of anilines is 1. The Morgan fingerprint density at radius 3 is 2.31 bits per heavy atom. The topological polar surface area (TPSA) is 57.2 Å². The molecule has 2 aromatic heterocycles. The first-order chi connectivity index (χ1) is 12.6. The van der Waals surface area contributed by atoms with E-state index in [4.69, 9.17) is 15.3 Å². The number of nitrogens with zero attached hydrogens (tertiary/aromatic N) is 5. The van der Waals surface area contributed by atoms with E-state index in [0.717, 1.165) is 59.9 Å². The molecule has 0 aliphatic carbocycles. The summed E-state index contributed by atoms with van der Waals surface area (Å²) >= 11 is 0. The lowest BCUT2D eigenvalue weighted by Crippen LogP contribution is -2.27. The molecule has 0 saturated carbocycles. The number of hydrogen-bond acceptors (Lipinski definition) is 4. The predicted octanol–water partition coefficient (Wildman–Crippen LogP) is 4.51. The summed E-state index contributed by atoms with van der Waals surface area (Å²) in [5, 5.41) is 13.8. The van der Waals surface area contributed by atoms with Crippen LogP contribution in [-0.4, -0.2) is 27.7 Å². The number of benzene rings is 1. The summed E-state index contributed by atoms with van der Waals surface area (Å²) in [6.45, 7) is 10.4. The van der Waals surface area contributed by atoms with E-state index in [0.29, 0.717) is 5.56 Å². The smallest absolute Gasteiger partial charge is 0.165 e. The Labute approximate surface area is 154 Å². The van der Waals surface area contributed by atoms with Crippen molar-refractivity contribution in [1.82, 2.24) is 14.6 Å². The van der Waals surface area contributed by atoms with Crippen molar-refractivity contribution in [3.8, 4) is 17.2 Å². The molecular formula is C21H25N5. The van der Waals surface area contributed by atoms with Crippen LogP contribution in [0.15, 0.2) is 30.3 Å². The highest BCUT2D eigenvalue weighted by molar-refractivity contribution is 5.81. The van der Waals surface area contributed by atoms with E-state index in [-0.39, 0.29) is 0 Å². The molecule has 0 aliphatic rings. The summed E-state index contributed by atoms with van der Waals surface area (Å²) in [7, 11) is 0. The molecule has 3 rings (SSSR count). The third-order valence-corrected chi connectivity index (χ3v) is 4.49. The van der Waals surface area contributed by atoms with Crippen molar-refractivity contribution in [2.24, 2.45) is 0 Å². The Hall–Kier alpha value is -2.87. The van der Waals surface area contributed by atoms with E-state index in [2.05, 4.69) is 30.9 Å². The lowest BCUT2D eigenvalue weighted by Gasteiger charge is -2.24. The van der Waals surface area contributed by atoms with Crippen molar-refractivity contribution in [2.75, 3.05) is 18.0 Å². The van der Waals surface area contributed by atoms with Gasteiger partial charge >= 0.3 is 0 Å². The zero-order valence-electron chi connectivity index (χ0n) is 16.0.